The van der Waals surface area contributed by atoms with E-state index < -0.39 is 20.5 Å². The van der Waals surface area contributed by atoms with Gasteiger partial charge >= 0.3 is 263 Å². The van der Waals surface area contributed by atoms with Gasteiger partial charge in [0.25, 0.3) is 0 Å². The van der Waals surface area contributed by atoms with Gasteiger partial charge in [0.15, 0.2) is 0 Å². The summed E-state index contributed by atoms with van der Waals surface area (Å²) in [5.74, 6) is 0.749. The van der Waals surface area contributed by atoms with Gasteiger partial charge in [-0.2, -0.15) is 0 Å². The van der Waals surface area contributed by atoms with Crippen LogP contribution < -0.4 is 0 Å². The summed E-state index contributed by atoms with van der Waals surface area (Å²) in [6.45, 7) is 0. The molecule has 0 radical (unpaired) electrons. The molecule has 0 aliphatic rings. The molecule has 0 spiro atoms. The molecular formula is C45H27N3OSe. The first-order valence-electron chi connectivity index (χ1n) is 19.5. The van der Waals surface area contributed by atoms with E-state index in [9.17, 15) is 1.37 Å². The van der Waals surface area contributed by atoms with Crippen LogP contribution in [0.5, 0.6) is 0 Å². The second-order valence-corrected chi connectivity index (χ2v) is 14.0. The fourth-order valence-electron chi connectivity index (χ4n) is 6.50. The van der Waals surface area contributed by atoms with E-state index in [1.807, 2.05) is 91.0 Å². The van der Waals surface area contributed by atoms with E-state index >= 15 is 0 Å². The number of nitrogens with zero attached hydrogens (tertiary/aromatic N) is 3. The van der Waals surface area contributed by atoms with Gasteiger partial charge in [-0.3, -0.25) is 0 Å². The van der Waals surface area contributed by atoms with Crippen LogP contribution in [0.4, 0.5) is 0 Å². The Morgan fingerprint density at radius 1 is 0.460 bits per heavy atom. The third kappa shape index (κ3) is 4.87. The molecular weight excluding hydrogens is 677 g/mol. The number of fused-ring (bicyclic) bond motifs is 6. The third-order valence-corrected chi connectivity index (χ3v) is 11.2. The Hall–Kier alpha value is -6.13. The molecule has 0 bridgehead atoms. The van der Waals surface area contributed by atoms with Gasteiger partial charge in [0, 0.05) is 0 Å². The molecule has 5 heteroatoms. The van der Waals surface area contributed by atoms with Gasteiger partial charge < -0.3 is 0 Å². The van der Waals surface area contributed by atoms with Gasteiger partial charge in [-0.05, 0) is 5.56 Å². The van der Waals surface area contributed by atoms with Gasteiger partial charge in [-0.1, -0.05) is 36.4 Å². The average molecular weight is 712 g/mol. The summed E-state index contributed by atoms with van der Waals surface area (Å²) < 4.78 is 68.4. The van der Waals surface area contributed by atoms with Gasteiger partial charge in [0.1, 0.15) is 0 Å². The van der Waals surface area contributed by atoms with E-state index in [1.54, 1.807) is 0 Å². The molecule has 0 atom stereocenters. The average Bonchev–Trinajstić information content (AvgIpc) is 3.84. The van der Waals surface area contributed by atoms with Crippen molar-refractivity contribution < 1.29 is 14.0 Å². The summed E-state index contributed by atoms with van der Waals surface area (Å²) in [6.07, 6.45) is 0. The van der Waals surface area contributed by atoms with Crippen LogP contribution in [0.25, 0.3) is 97.6 Å². The van der Waals surface area contributed by atoms with Crippen LogP contribution in [-0.2, 0) is 0 Å². The Balaban J connectivity index is 1.22. The zero-order valence-electron chi connectivity index (χ0n) is 33.2. The molecule has 0 aliphatic carbocycles. The molecule has 0 unspecified atom stereocenters. The van der Waals surface area contributed by atoms with Crippen LogP contribution in [0.2, 0.25) is 0 Å². The second-order valence-electron chi connectivity index (χ2n) is 11.9. The predicted molar refractivity (Wildman–Crippen MR) is 206 cm³/mol. The fraction of sp³-hybridized carbons (Fsp3) is 0. The molecule has 0 amide bonds. The Kier molecular flexibility index (Phi) is 5.30. The van der Waals surface area contributed by atoms with Crippen molar-refractivity contribution in [3.8, 4) is 56.4 Å². The Morgan fingerprint density at radius 3 is 1.96 bits per heavy atom. The standard InChI is InChI=1S/C45H27N3OSe/c1-2-11-28(12-3-1)31-13-8-14-32(27-31)29-23-25-30(26-24-29)43-46-44(36-18-10-21-39-41(36)35-16-4-6-20-38(35)49-39)48-45(47-43)37-19-9-17-34-33-15-5-7-22-40(33)50-42(34)37/h1-27H/i5D,7D,9D,15D,17D,19D,22D. The van der Waals surface area contributed by atoms with Crippen LogP contribution in [0.3, 0.4) is 0 Å². The van der Waals surface area contributed by atoms with Crippen LogP contribution >= 0.6 is 0 Å². The molecule has 4 nitrogen and oxygen atoms in total. The molecule has 0 saturated carbocycles. The minimum absolute atomic E-state index is 0.110. The van der Waals surface area contributed by atoms with Crippen LogP contribution in [-0.4, -0.2) is 29.5 Å². The van der Waals surface area contributed by atoms with Gasteiger partial charge in [-0.25, -0.2) is 0 Å². The molecule has 234 valence electrons. The van der Waals surface area contributed by atoms with Crippen molar-refractivity contribution in [3.63, 3.8) is 0 Å². The topological polar surface area (TPSA) is 51.8 Å². The molecule has 3 heterocycles. The van der Waals surface area contributed by atoms with Crippen molar-refractivity contribution in [1.29, 1.82) is 0 Å². The summed E-state index contributed by atoms with van der Waals surface area (Å²) in [5.41, 5.74) is 7.20. The quantitative estimate of drug-likeness (QED) is 0.167. The van der Waals surface area contributed by atoms with Gasteiger partial charge in [0.2, 0.25) is 0 Å². The predicted octanol–water partition coefficient (Wildman–Crippen LogP) is 11.5. The number of rotatable bonds is 5. The van der Waals surface area contributed by atoms with E-state index in [0.29, 0.717) is 42.5 Å². The fourth-order valence-corrected chi connectivity index (χ4v) is 8.73. The second kappa shape index (κ2) is 11.8. The van der Waals surface area contributed by atoms with Gasteiger partial charge in [-0.15, -0.1) is 0 Å². The number of benzene rings is 7. The molecule has 10 aromatic rings. The molecule has 7 aromatic carbocycles. The Bertz CT molecular complexity index is 3270. The SMILES string of the molecule is [2H]c1c([2H])c([2H])c2c([se]c3c(-c4nc(-c5ccc(-c6cccc(-c7ccccc7)c6)cc5)nc(-c5cccc6oc7ccccc7c56)n4)c([2H])c([2H])c([2H])c32)c1[2H]. The molecule has 0 saturated heterocycles. The van der Waals surface area contributed by atoms with Crippen molar-refractivity contribution >= 4 is 55.7 Å². The van der Waals surface area contributed by atoms with E-state index in [-0.39, 0.29) is 58.4 Å². The zero-order chi connectivity index (χ0) is 39.1. The van der Waals surface area contributed by atoms with Gasteiger partial charge in [0.05, 0.1) is 0 Å². The maximum atomic E-state index is 9.23. The van der Waals surface area contributed by atoms with Crippen LogP contribution in [0, 0.1) is 0 Å². The summed E-state index contributed by atoms with van der Waals surface area (Å²) in [4.78, 5) is 15.0. The van der Waals surface area contributed by atoms with Crippen molar-refractivity contribution in [1.82, 2.24) is 15.0 Å². The zero-order valence-corrected chi connectivity index (χ0v) is 27.9. The molecule has 50 heavy (non-hydrogen) atoms. The summed E-state index contributed by atoms with van der Waals surface area (Å²) in [5, 5.41) is 2.11. The van der Waals surface area contributed by atoms with Crippen molar-refractivity contribution in [2.24, 2.45) is 0 Å². The molecule has 3 aromatic heterocycles. The number of aromatic nitrogens is 3. The Labute approximate surface area is 303 Å². The summed E-state index contributed by atoms with van der Waals surface area (Å²) in [6, 6.07) is 37.7. The maximum absolute atomic E-state index is 9.23. The van der Waals surface area contributed by atoms with E-state index in [4.69, 9.17) is 27.6 Å². The number of para-hydroxylation sites is 1. The number of hydrogen-bond acceptors (Lipinski definition) is 4. The van der Waals surface area contributed by atoms with Crippen molar-refractivity contribution in [2.45, 2.75) is 0 Å². The first-order valence-corrected chi connectivity index (χ1v) is 17.7. The molecule has 0 aliphatic heterocycles. The van der Waals surface area contributed by atoms with E-state index in [1.165, 1.54) is 0 Å². The monoisotopic (exact) mass is 712 g/mol. The first kappa shape index (κ1) is 22.5. The normalized spacial score (nSPS) is 13.6. The van der Waals surface area contributed by atoms with Crippen LogP contribution in [0.1, 0.15) is 9.60 Å². The van der Waals surface area contributed by atoms with Crippen molar-refractivity contribution in [3.05, 3.63) is 164 Å². The molecule has 0 N–H and O–H groups in total. The summed E-state index contributed by atoms with van der Waals surface area (Å²) in [7, 11) is 0. The van der Waals surface area contributed by atoms with E-state index in [0.717, 1.165) is 33.0 Å². The van der Waals surface area contributed by atoms with E-state index in [2.05, 4.69) is 30.3 Å². The first-order chi connectivity index (χ1) is 27.7. The number of hydrogen-bond donors (Lipinski definition) is 0. The molecule has 10 rings (SSSR count). The summed E-state index contributed by atoms with van der Waals surface area (Å²) >= 11 is -0.751. The molecule has 0 fully saturated rings. The number of furan rings is 1. The minimum atomic E-state index is -0.751. The Morgan fingerprint density at radius 2 is 1.10 bits per heavy atom. The van der Waals surface area contributed by atoms with Crippen molar-refractivity contribution in [2.75, 3.05) is 0 Å². The third-order valence-electron chi connectivity index (χ3n) is 8.88. The van der Waals surface area contributed by atoms with Crippen LogP contribution in [0.15, 0.2) is 168 Å².